The van der Waals surface area contributed by atoms with Gasteiger partial charge in [0, 0.05) is 10.2 Å². The van der Waals surface area contributed by atoms with Gasteiger partial charge in [0.25, 0.3) is 0 Å². The molecule has 1 aromatic carbocycles. The second-order valence-corrected chi connectivity index (χ2v) is 5.11. The Kier molecular flexibility index (Phi) is 2.96. The lowest BCUT2D eigenvalue weighted by Crippen LogP contribution is -1.93. The highest BCUT2D eigenvalue weighted by Crippen LogP contribution is 2.35. The van der Waals surface area contributed by atoms with Crippen molar-refractivity contribution in [3.63, 3.8) is 0 Å². The number of rotatable bonds is 1. The van der Waals surface area contributed by atoms with E-state index in [1.807, 2.05) is 11.8 Å². The molecule has 13 heavy (non-hydrogen) atoms. The molecule has 1 fully saturated rings. The molecule has 1 unspecified atom stereocenters. The van der Waals surface area contributed by atoms with Crippen molar-refractivity contribution < 1.29 is 4.74 Å². The minimum Gasteiger partial charge on any atom is -0.362 e. The van der Waals surface area contributed by atoms with Crippen molar-refractivity contribution in [2.24, 2.45) is 0 Å². The van der Waals surface area contributed by atoms with Crippen LogP contribution in [0.2, 0.25) is 0 Å². The van der Waals surface area contributed by atoms with Crippen LogP contribution in [0.25, 0.3) is 0 Å². The van der Waals surface area contributed by atoms with Gasteiger partial charge in [-0.2, -0.15) is 0 Å². The molecule has 0 amide bonds. The van der Waals surface area contributed by atoms with Gasteiger partial charge in [0.15, 0.2) is 0 Å². The maximum Gasteiger partial charge on any atom is 0.128 e. The number of ether oxygens (including phenoxy) is 1. The predicted molar refractivity (Wildman–Crippen MR) is 60.0 cm³/mol. The van der Waals surface area contributed by atoms with Crippen LogP contribution in [0.4, 0.5) is 0 Å². The van der Waals surface area contributed by atoms with E-state index in [1.165, 1.54) is 15.6 Å². The number of aryl methyl sites for hydroxylation is 1. The first kappa shape index (κ1) is 9.56. The number of thioether (sulfide) groups is 1. The van der Waals surface area contributed by atoms with Crippen LogP contribution in [0, 0.1) is 6.92 Å². The van der Waals surface area contributed by atoms with Gasteiger partial charge in [0.1, 0.15) is 5.44 Å². The lowest BCUT2D eigenvalue weighted by Gasteiger charge is -2.10. The Morgan fingerprint density at radius 1 is 1.54 bits per heavy atom. The molecule has 1 saturated heterocycles. The molecule has 0 radical (unpaired) electrons. The SMILES string of the molecule is Cc1cc(C2OCCS2)ccc1Br. The molecule has 0 bridgehead atoms. The zero-order valence-corrected chi connectivity index (χ0v) is 9.82. The largest absolute Gasteiger partial charge is 0.362 e. The van der Waals surface area contributed by atoms with Crippen LogP contribution >= 0.6 is 27.7 Å². The smallest absolute Gasteiger partial charge is 0.128 e. The van der Waals surface area contributed by atoms with Gasteiger partial charge < -0.3 is 4.74 Å². The first-order valence-corrected chi connectivity index (χ1v) is 6.11. The fraction of sp³-hybridized carbons (Fsp3) is 0.400. The second kappa shape index (κ2) is 4.03. The molecule has 0 spiro atoms. The highest BCUT2D eigenvalue weighted by Gasteiger charge is 2.18. The Labute approximate surface area is 91.0 Å². The molecular weight excluding hydrogens is 248 g/mol. The number of hydrogen-bond donors (Lipinski definition) is 0. The summed E-state index contributed by atoms with van der Waals surface area (Å²) in [5.74, 6) is 1.11. The van der Waals surface area contributed by atoms with Crippen molar-refractivity contribution >= 4 is 27.7 Å². The Morgan fingerprint density at radius 3 is 3.00 bits per heavy atom. The zero-order chi connectivity index (χ0) is 9.26. The third kappa shape index (κ3) is 2.09. The van der Waals surface area contributed by atoms with Gasteiger partial charge in [-0.3, -0.25) is 0 Å². The normalized spacial score (nSPS) is 22.2. The molecule has 1 nitrogen and oxygen atoms in total. The van der Waals surface area contributed by atoms with Crippen LogP contribution < -0.4 is 0 Å². The molecule has 0 aliphatic carbocycles. The van der Waals surface area contributed by atoms with Gasteiger partial charge in [-0.15, -0.1) is 11.8 Å². The third-order valence-electron chi connectivity index (χ3n) is 2.08. The Hall–Kier alpha value is 0.01000. The van der Waals surface area contributed by atoms with E-state index in [-0.39, 0.29) is 5.44 Å². The minimum atomic E-state index is 0.256. The van der Waals surface area contributed by atoms with Crippen LogP contribution in [0.3, 0.4) is 0 Å². The Morgan fingerprint density at radius 2 is 2.38 bits per heavy atom. The van der Waals surface area contributed by atoms with E-state index in [0.29, 0.717) is 0 Å². The van der Waals surface area contributed by atoms with Crippen LogP contribution in [-0.2, 0) is 4.74 Å². The zero-order valence-electron chi connectivity index (χ0n) is 7.42. The molecule has 1 aliphatic rings. The average Bonchev–Trinajstić information content (AvgIpc) is 2.62. The molecule has 1 aromatic rings. The van der Waals surface area contributed by atoms with Crippen LogP contribution in [0.5, 0.6) is 0 Å². The highest BCUT2D eigenvalue weighted by atomic mass is 79.9. The van der Waals surface area contributed by atoms with E-state index in [0.717, 1.165) is 12.4 Å². The second-order valence-electron chi connectivity index (χ2n) is 3.08. The van der Waals surface area contributed by atoms with Crippen LogP contribution in [0.15, 0.2) is 22.7 Å². The molecule has 0 aromatic heterocycles. The fourth-order valence-electron chi connectivity index (χ4n) is 1.37. The highest BCUT2D eigenvalue weighted by molar-refractivity contribution is 9.10. The summed E-state index contributed by atoms with van der Waals surface area (Å²) in [6.45, 7) is 2.98. The van der Waals surface area contributed by atoms with Crippen molar-refractivity contribution in [3.05, 3.63) is 33.8 Å². The average molecular weight is 259 g/mol. The number of hydrogen-bond acceptors (Lipinski definition) is 2. The monoisotopic (exact) mass is 258 g/mol. The van der Waals surface area contributed by atoms with Crippen LogP contribution in [0.1, 0.15) is 16.6 Å². The summed E-state index contributed by atoms with van der Waals surface area (Å²) < 4.78 is 6.75. The van der Waals surface area contributed by atoms with Crippen molar-refractivity contribution in [1.29, 1.82) is 0 Å². The van der Waals surface area contributed by atoms with Gasteiger partial charge in [0.2, 0.25) is 0 Å². The van der Waals surface area contributed by atoms with Crippen molar-refractivity contribution in [2.75, 3.05) is 12.4 Å². The Bertz CT molecular complexity index is 308. The van der Waals surface area contributed by atoms with Gasteiger partial charge in [-0.25, -0.2) is 0 Å². The van der Waals surface area contributed by atoms with E-state index in [4.69, 9.17) is 4.74 Å². The summed E-state index contributed by atoms with van der Waals surface area (Å²) in [6.07, 6.45) is 0. The maximum absolute atomic E-state index is 5.58. The molecule has 0 saturated carbocycles. The van der Waals surface area contributed by atoms with Gasteiger partial charge in [-0.05, 0) is 24.1 Å². The van der Waals surface area contributed by atoms with Gasteiger partial charge in [0.05, 0.1) is 6.61 Å². The molecule has 70 valence electrons. The van der Waals surface area contributed by atoms with Crippen molar-refractivity contribution in [1.82, 2.24) is 0 Å². The summed E-state index contributed by atoms with van der Waals surface area (Å²) in [7, 11) is 0. The summed E-state index contributed by atoms with van der Waals surface area (Å²) in [5.41, 5.74) is 2.81. The Balaban J connectivity index is 2.25. The van der Waals surface area contributed by atoms with E-state index in [1.54, 1.807) is 0 Å². The molecular formula is C10H11BrOS. The van der Waals surface area contributed by atoms with E-state index in [9.17, 15) is 0 Å². The quantitative estimate of drug-likeness (QED) is 0.763. The molecule has 1 atom stereocenters. The lowest BCUT2D eigenvalue weighted by molar-refractivity contribution is 0.145. The summed E-state index contributed by atoms with van der Waals surface area (Å²) in [5, 5.41) is 0. The molecule has 0 N–H and O–H groups in total. The molecule has 1 heterocycles. The molecule has 1 aliphatic heterocycles. The molecule has 2 rings (SSSR count). The maximum atomic E-state index is 5.58. The standard InChI is InChI=1S/C10H11BrOS/c1-7-6-8(2-3-9(7)11)10-12-4-5-13-10/h2-3,6,10H,4-5H2,1H3. The van der Waals surface area contributed by atoms with Gasteiger partial charge >= 0.3 is 0 Å². The lowest BCUT2D eigenvalue weighted by atomic mass is 10.1. The van der Waals surface area contributed by atoms with Crippen molar-refractivity contribution in [2.45, 2.75) is 12.4 Å². The topological polar surface area (TPSA) is 9.23 Å². The van der Waals surface area contributed by atoms with Crippen LogP contribution in [-0.4, -0.2) is 12.4 Å². The third-order valence-corrected chi connectivity index (χ3v) is 4.08. The predicted octanol–water partition coefficient (Wildman–Crippen LogP) is 3.52. The van der Waals surface area contributed by atoms with Gasteiger partial charge in [-0.1, -0.05) is 28.1 Å². The van der Waals surface area contributed by atoms with Crippen molar-refractivity contribution in [3.8, 4) is 0 Å². The summed E-state index contributed by atoms with van der Waals surface area (Å²) in [4.78, 5) is 0. The van der Waals surface area contributed by atoms with E-state index < -0.39 is 0 Å². The first-order valence-electron chi connectivity index (χ1n) is 4.26. The minimum absolute atomic E-state index is 0.256. The van der Waals surface area contributed by atoms with E-state index >= 15 is 0 Å². The summed E-state index contributed by atoms with van der Waals surface area (Å²) >= 11 is 5.36. The first-order chi connectivity index (χ1) is 6.27. The number of halogens is 1. The summed E-state index contributed by atoms with van der Waals surface area (Å²) in [6, 6.07) is 6.40. The fourth-order valence-corrected chi connectivity index (χ4v) is 2.55. The number of benzene rings is 1. The van der Waals surface area contributed by atoms with E-state index in [2.05, 4.69) is 41.1 Å². The molecule has 3 heteroatoms.